The van der Waals surface area contributed by atoms with E-state index in [1.165, 1.54) is 0 Å². The van der Waals surface area contributed by atoms with Gasteiger partial charge in [-0.3, -0.25) is 0 Å². The van der Waals surface area contributed by atoms with Crippen molar-refractivity contribution in [1.29, 1.82) is 0 Å². The largest absolute Gasteiger partial charge is 0.390 e. The Morgan fingerprint density at radius 1 is 1.46 bits per heavy atom. The number of aliphatic hydroxyl groups is 1. The predicted octanol–water partition coefficient (Wildman–Crippen LogP) is 0.883. The lowest BCUT2D eigenvalue weighted by molar-refractivity contribution is -0.308. The fraction of sp³-hybridized carbons (Fsp3) is 1.00. The van der Waals surface area contributed by atoms with Gasteiger partial charge in [-0.05, 0) is 13.3 Å². The fourth-order valence-corrected chi connectivity index (χ4v) is 1.34. The first-order valence-corrected chi connectivity index (χ1v) is 4.82. The Bertz CT molecular complexity index is 140. The van der Waals surface area contributed by atoms with Crippen molar-refractivity contribution in [3.8, 4) is 0 Å². The predicted molar refractivity (Wildman–Crippen MR) is 47.2 cm³/mol. The molecule has 1 saturated heterocycles. The molecule has 0 aromatic carbocycles. The molecule has 1 N–H and O–H groups in total. The zero-order valence-corrected chi connectivity index (χ0v) is 8.23. The summed E-state index contributed by atoms with van der Waals surface area (Å²) in [6, 6.07) is 0. The molecule has 0 unspecified atom stereocenters. The van der Waals surface area contributed by atoms with Gasteiger partial charge in [0.1, 0.15) is 12.7 Å². The second-order valence-corrected chi connectivity index (χ2v) is 3.39. The summed E-state index contributed by atoms with van der Waals surface area (Å²) in [7, 11) is 0. The molecule has 1 heterocycles. The lowest BCUT2D eigenvalue weighted by atomic mass is 10.1. The van der Waals surface area contributed by atoms with Crippen molar-refractivity contribution < 1.29 is 19.6 Å². The summed E-state index contributed by atoms with van der Waals surface area (Å²) in [6.07, 6.45) is 1.08. The second-order valence-electron chi connectivity index (χ2n) is 3.39. The number of hydrogen-bond acceptors (Lipinski definition) is 4. The molecular formula is C9H18O4. The molecule has 0 bridgehead atoms. The van der Waals surface area contributed by atoms with E-state index in [1.807, 2.05) is 13.8 Å². The van der Waals surface area contributed by atoms with Crippen LogP contribution in [-0.4, -0.2) is 36.6 Å². The lowest BCUT2D eigenvalue weighted by Gasteiger charge is -2.13. The van der Waals surface area contributed by atoms with E-state index in [9.17, 15) is 5.11 Å². The second kappa shape index (κ2) is 5.54. The van der Waals surface area contributed by atoms with Crippen LogP contribution in [0.5, 0.6) is 0 Å². The number of ether oxygens (including phenoxy) is 1. The van der Waals surface area contributed by atoms with Crippen LogP contribution in [0.25, 0.3) is 0 Å². The SMILES string of the molecule is CCCOOC[C@H]1O[C@@H](C)C[C@@H]1O. The number of hydrogen-bond donors (Lipinski definition) is 1. The molecule has 78 valence electrons. The first-order valence-electron chi connectivity index (χ1n) is 4.82. The van der Waals surface area contributed by atoms with Gasteiger partial charge in [-0.1, -0.05) is 6.92 Å². The van der Waals surface area contributed by atoms with Gasteiger partial charge < -0.3 is 9.84 Å². The van der Waals surface area contributed by atoms with Crippen LogP contribution >= 0.6 is 0 Å². The van der Waals surface area contributed by atoms with Crippen LogP contribution in [-0.2, 0) is 14.5 Å². The highest BCUT2D eigenvalue weighted by molar-refractivity contribution is 4.79. The van der Waals surface area contributed by atoms with Crippen molar-refractivity contribution in [3.05, 3.63) is 0 Å². The molecule has 4 heteroatoms. The van der Waals surface area contributed by atoms with Crippen LogP contribution in [0.4, 0.5) is 0 Å². The Balaban J connectivity index is 2.07. The molecule has 1 aliphatic heterocycles. The summed E-state index contributed by atoms with van der Waals surface area (Å²) in [5.74, 6) is 0. The summed E-state index contributed by atoms with van der Waals surface area (Å²) < 4.78 is 5.40. The minimum absolute atomic E-state index is 0.120. The fourth-order valence-electron chi connectivity index (χ4n) is 1.34. The molecule has 13 heavy (non-hydrogen) atoms. The molecule has 0 aliphatic carbocycles. The van der Waals surface area contributed by atoms with E-state index in [-0.39, 0.29) is 12.2 Å². The molecule has 4 nitrogen and oxygen atoms in total. The smallest absolute Gasteiger partial charge is 0.111 e. The van der Waals surface area contributed by atoms with Crippen molar-refractivity contribution in [2.24, 2.45) is 0 Å². The van der Waals surface area contributed by atoms with E-state index < -0.39 is 6.10 Å². The Kier molecular flexibility index (Phi) is 4.66. The third-order valence-corrected chi connectivity index (χ3v) is 2.01. The maximum Gasteiger partial charge on any atom is 0.111 e. The zero-order chi connectivity index (χ0) is 9.68. The van der Waals surface area contributed by atoms with Gasteiger partial charge in [0.25, 0.3) is 0 Å². The third kappa shape index (κ3) is 3.60. The summed E-state index contributed by atoms with van der Waals surface area (Å²) >= 11 is 0. The molecule has 0 aromatic heterocycles. The normalized spacial score (nSPS) is 33.9. The minimum atomic E-state index is -0.416. The average molecular weight is 190 g/mol. The van der Waals surface area contributed by atoms with E-state index in [0.717, 1.165) is 6.42 Å². The van der Waals surface area contributed by atoms with E-state index in [2.05, 4.69) is 0 Å². The van der Waals surface area contributed by atoms with Crippen LogP contribution in [0, 0.1) is 0 Å². The van der Waals surface area contributed by atoms with E-state index in [0.29, 0.717) is 19.6 Å². The molecule has 1 fully saturated rings. The van der Waals surface area contributed by atoms with Crippen molar-refractivity contribution in [3.63, 3.8) is 0 Å². The summed E-state index contributed by atoms with van der Waals surface area (Å²) in [6.45, 7) is 4.84. The van der Waals surface area contributed by atoms with Gasteiger partial charge in [0, 0.05) is 6.42 Å². The van der Waals surface area contributed by atoms with Gasteiger partial charge in [0.2, 0.25) is 0 Å². The summed E-state index contributed by atoms with van der Waals surface area (Å²) in [5.41, 5.74) is 0. The molecular weight excluding hydrogens is 172 g/mol. The molecule has 0 aromatic rings. The number of rotatable bonds is 5. The van der Waals surface area contributed by atoms with Gasteiger partial charge in [0.15, 0.2) is 0 Å². The van der Waals surface area contributed by atoms with Gasteiger partial charge in [0.05, 0.1) is 18.8 Å². The van der Waals surface area contributed by atoms with E-state index in [1.54, 1.807) is 0 Å². The maximum absolute atomic E-state index is 9.46. The monoisotopic (exact) mass is 190 g/mol. The minimum Gasteiger partial charge on any atom is -0.390 e. The summed E-state index contributed by atoms with van der Waals surface area (Å²) in [4.78, 5) is 9.73. The standard InChI is InChI=1S/C9H18O4/c1-3-4-11-12-6-9-8(10)5-7(2)13-9/h7-10H,3-6H2,1-2H3/t7-,8-,9+/m0/s1. The first kappa shape index (κ1) is 10.9. The van der Waals surface area contributed by atoms with Gasteiger partial charge in [-0.25, -0.2) is 9.78 Å². The van der Waals surface area contributed by atoms with Crippen molar-refractivity contribution in [1.82, 2.24) is 0 Å². The molecule has 0 spiro atoms. The highest BCUT2D eigenvalue weighted by atomic mass is 17.2. The number of aliphatic hydroxyl groups excluding tert-OH is 1. The maximum atomic E-state index is 9.46. The van der Waals surface area contributed by atoms with Crippen LogP contribution in [0.1, 0.15) is 26.7 Å². The molecule has 1 aliphatic rings. The molecule has 3 atom stereocenters. The van der Waals surface area contributed by atoms with Crippen molar-refractivity contribution >= 4 is 0 Å². The Hall–Kier alpha value is -0.160. The van der Waals surface area contributed by atoms with Crippen LogP contribution < -0.4 is 0 Å². The molecule has 0 amide bonds. The third-order valence-electron chi connectivity index (χ3n) is 2.01. The van der Waals surface area contributed by atoms with Crippen LogP contribution in [0.2, 0.25) is 0 Å². The van der Waals surface area contributed by atoms with Crippen LogP contribution in [0.15, 0.2) is 0 Å². The van der Waals surface area contributed by atoms with Crippen molar-refractivity contribution in [2.75, 3.05) is 13.2 Å². The Morgan fingerprint density at radius 2 is 2.23 bits per heavy atom. The van der Waals surface area contributed by atoms with Gasteiger partial charge >= 0.3 is 0 Å². The Labute approximate surface area is 78.7 Å². The highest BCUT2D eigenvalue weighted by Gasteiger charge is 2.31. The van der Waals surface area contributed by atoms with Crippen LogP contribution in [0.3, 0.4) is 0 Å². The first-order chi connectivity index (χ1) is 6.24. The van der Waals surface area contributed by atoms with E-state index >= 15 is 0 Å². The zero-order valence-electron chi connectivity index (χ0n) is 8.23. The van der Waals surface area contributed by atoms with Gasteiger partial charge in [-0.15, -0.1) is 0 Å². The topological polar surface area (TPSA) is 47.9 Å². The lowest BCUT2D eigenvalue weighted by Crippen LogP contribution is -2.26. The molecule has 1 rings (SSSR count). The average Bonchev–Trinajstić information content (AvgIpc) is 2.39. The molecule has 0 saturated carbocycles. The highest BCUT2D eigenvalue weighted by Crippen LogP contribution is 2.19. The summed E-state index contributed by atoms with van der Waals surface area (Å²) in [5, 5.41) is 9.46. The van der Waals surface area contributed by atoms with Crippen molar-refractivity contribution in [2.45, 2.75) is 45.0 Å². The quantitative estimate of drug-likeness (QED) is 0.397. The van der Waals surface area contributed by atoms with E-state index in [4.69, 9.17) is 14.5 Å². The van der Waals surface area contributed by atoms with Gasteiger partial charge in [-0.2, -0.15) is 0 Å². The Morgan fingerprint density at radius 3 is 2.77 bits per heavy atom. The molecule has 0 radical (unpaired) electrons.